The molecule has 0 amide bonds. The Hall–Kier alpha value is -0.940. The average Bonchev–Trinajstić information content (AvgIpc) is 2.91. The van der Waals surface area contributed by atoms with Crippen molar-refractivity contribution in [1.82, 2.24) is 9.62 Å². The van der Waals surface area contributed by atoms with Crippen LogP contribution in [-0.2, 0) is 16.4 Å². The molecule has 0 unspecified atom stereocenters. The summed E-state index contributed by atoms with van der Waals surface area (Å²) in [5, 5.41) is 8.64. The van der Waals surface area contributed by atoms with Crippen molar-refractivity contribution in [3.05, 3.63) is 17.0 Å². The van der Waals surface area contributed by atoms with Crippen molar-refractivity contribution in [3.8, 4) is 6.07 Å². The number of sulfonamides is 1. The van der Waals surface area contributed by atoms with Crippen LogP contribution >= 0.6 is 11.3 Å². The predicted molar refractivity (Wildman–Crippen MR) is 79.1 cm³/mol. The summed E-state index contributed by atoms with van der Waals surface area (Å²) in [7, 11) is -3.39. The summed E-state index contributed by atoms with van der Waals surface area (Å²) in [6, 6.07) is 5.65. The van der Waals surface area contributed by atoms with Crippen LogP contribution in [0, 0.1) is 11.3 Å². The van der Waals surface area contributed by atoms with Gasteiger partial charge < -0.3 is 0 Å². The van der Waals surface area contributed by atoms with Crippen LogP contribution in [0.25, 0.3) is 0 Å². The van der Waals surface area contributed by atoms with E-state index in [9.17, 15) is 8.42 Å². The third-order valence-electron chi connectivity index (χ3n) is 3.45. The molecule has 0 spiro atoms. The van der Waals surface area contributed by atoms with Crippen LogP contribution in [0.3, 0.4) is 0 Å². The Bertz CT molecular complexity index is 581. The lowest BCUT2D eigenvalue weighted by Gasteiger charge is -2.30. The highest BCUT2D eigenvalue weighted by atomic mass is 32.2. The number of nitrogens with zero attached hydrogens (tertiary/aromatic N) is 2. The van der Waals surface area contributed by atoms with E-state index < -0.39 is 10.0 Å². The zero-order valence-corrected chi connectivity index (χ0v) is 13.1. The van der Waals surface area contributed by atoms with E-state index in [1.807, 2.05) is 17.9 Å². The Morgan fingerprint density at radius 2 is 2.15 bits per heavy atom. The number of hydrogen-bond acceptors (Lipinski definition) is 5. The van der Waals surface area contributed by atoms with Gasteiger partial charge in [0.15, 0.2) is 0 Å². The molecule has 1 N–H and O–H groups in total. The first kappa shape index (κ1) is 15.4. The number of nitriles is 1. The average molecular weight is 313 g/mol. The Labute approximate surface area is 124 Å². The monoisotopic (exact) mass is 313 g/mol. The molecule has 1 aromatic heterocycles. The third-order valence-corrected chi connectivity index (χ3v) is 6.70. The van der Waals surface area contributed by atoms with E-state index in [4.69, 9.17) is 5.26 Å². The predicted octanol–water partition coefficient (Wildman–Crippen LogP) is 1.58. The fraction of sp³-hybridized carbons (Fsp3) is 0.615. The zero-order valence-electron chi connectivity index (χ0n) is 11.5. The van der Waals surface area contributed by atoms with E-state index in [2.05, 4.69) is 10.8 Å². The highest BCUT2D eigenvalue weighted by Crippen LogP contribution is 2.23. The van der Waals surface area contributed by atoms with E-state index in [0.717, 1.165) is 37.2 Å². The summed E-state index contributed by atoms with van der Waals surface area (Å²) >= 11 is 1.33. The molecule has 0 saturated carbocycles. The zero-order chi connectivity index (χ0) is 14.6. The maximum atomic E-state index is 12.3. The number of thiophene rings is 1. The fourth-order valence-electron chi connectivity index (χ4n) is 2.28. The lowest BCUT2D eigenvalue weighted by Crippen LogP contribution is -2.44. The SMILES string of the molecule is CCc1ccc(S(=O)(=O)NC2CCN(CC#N)CC2)s1. The molecule has 0 bridgehead atoms. The molecule has 5 nitrogen and oxygen atoms in total. The summed E-state index contributed by atoms with van der Waals surface area (Å²) in [6.45, 7) is 3.97. The van der Waals surface area contributed by atoms with Gasteiger partial charge in [0.2, 0.25) is 10.0 Å². The number of rotatable bonds is 5. The van der Waals surface area contributed by atoms with Gasteiger partial charge in [0.25, 0.3) is 0 Å². The summed E-state index contributed by atoms with van der Waals surface area (Å²) < 4.78 is 27.7. The molecule has 0 aliphatic carbocycles. The quantitative estimate of drug-likeness (QED) is 0.838. The Morgan fingerprint density at radius 1 is 1.45 bits per heavy atom. The van der Waals surface area contributed by atoms with Gasteiger partial charge in [-0.1, -0.05) is 6.92 Å². The van der Waals surface area contributed by atoms with Crippen LogP contribution in [0.5, 0.6) is 0 Å². The summed E-state index contributed by atoms with van der Waals surface area (Å²) in [5.74, 6) is 0. The van der Waals surface area contributed by atoms with Crippen molar-refractivity contribution in [2.24, 2.45) is 0 Å². The van der Waals surface area contributed by atoms with Crippen LogP contribution in [0.15, 0.2) is 16.3 Å². The molecule has 1 aliphatic rings. The molecular weight excluding hydrogens is 294 g/mol. The minimum atomic E-state index is -3.39. The van der Waals surface area contributed by atoms with E-state index in [1.54, 1.807) is 6.07 Å². The lowest BCUT2D eigenvalue weighted by molar-refractivity contribution is 0.229. The molecule has 7 heteroatoms. The van der Waals surface area contributed by atoms with Gasteiger partial charge in [-0.05, 0) is 31.4 Å². The fourth-order valence-corrected chi connectivity index (χ4v) is 4.90. The van der Waals surface area contributed by atoms with Crippen molar-refractivity contribution in [2.45, 2.75) is 36.4 Å². The van der Waals surface area contributed by atoms with Gasteiger partial charge in [0.05, 0.1) is 12.6 Å². The smallest absolute Gasteiger partial charge is 0.250 e. The number of hydrogen-bond donors (Lipinski definition) is 1. The summed E-state index contributed by atoms with van der Waals surface area (Å²) in [5.41, 5.74) is 0. The van der Waals surface area contributed by atoms with Crippen LogP contribution < -0.4 is 4.72 Å². The van der Waals surface area contributed by atoms with Crippen molar-refractivity contribution in [3.63, 3.8) is 0 Å². The topological polar surface area (TPSA) is 73.2 Å². The van der Waals surface area contributed by atoms with Crippen molar-refractivity contribution in [2.75, 3.05) is 19.6 Å². The molecule has 20 heavy (non-hydrogen) atoms. The molecule has 1 fully saturated rings. The number of likely N-dealkylation sites (tertiary alicyclic amines) is 1. The highest BCUT2D eigenvalue weighted by Gasteiger charge is 2.25. The first-order valence-corrected chi connectivity index (χ1v) is 9.05. The molecule has 0 atom stereocenters. The molecule has 1 aliphatic heterocycles. The maximum absolute atomic E-state index is 12.3. The molecular formula is C13H19N3O2S2. The van der Waals surface area contributed by atoms with Crippen LogP contribution in [-0.4, -0.2) is 39.0 Å². The van der Waals surface area contributed by atoms with Gasteiger partial charge in [-0.2, -0.15) is 5.26 Å². The first-order valence-electron chi connectivity index (χ1n) is 6.75. The lowest BCUT2D eigenvalue weighted by atomic mass is 10.1. The largest absolute Gasteiger partial charge is 0.290 e. The van der Waals surface area contributed by atoms with Crippen molar-refractivity contribution < 1.29 is 8.42 Å². The van der Waals surface area contributed by atoms with Crippen molar-refractivity contribution >= 4 is 21.4 Å². The van der Waals surface area contributed by atoms with E-state index in [-0.39, 0.29) is 6.04 Å². The molecule has 2 rings (SSSR count). The van der Waals surface area contributed by atoms with E-state index >= 15 is 0 Å². The highest BCUT2D eigenvalue weighted by molar-refractivity contribution is 7.91. The first-order chi connectivity index (χ1) is 9.55. The minimum absolute atomic E-state index is 0.0258. The van der Waals surface area contributed by atoms with Crippen molar-refractivity contribution in [1.29, 1.82) is 5.26 Å². The third kappa shape index (κ3) is 3.79. The second-order valence-corrected chi connectivity index (χ2v) is 8.01. The Kier molecular flexibility index (Phi) is 5.16. The van der Waals surface area contributed by atoms with Crippen LogP contribution in [0.1, 0.15) is 24.6 Å². The van der Waals surface area contributed by atoms with E-state index in [0.29, 0.717) is 10.8 Å². The van der Waals surface area contributed by atoms with Gasteiger partial charge in [-0.25, -0.2) is 13.1 Å². The molecule has 0 radical (unpaired) electrons. The van der Waals surface area contributed by atoms with Crippen LogP contribution in [0.2, 0.25) is 0 Å². The van der Waals surface area contributed by atoms with Gasteiger partial charge in [0.1, 0.15) is 4.21 Å². The number of piperidine rings is 1. The molecule has 2 heterocycles. The Balaban J connectivity index is 1.95. The summed E-state index contributed by atoms with van der Waals surface area (Å²) in [4.78, 5) is 3.12. The van der Waals surface area contributed by atoms with E-state index in [1.165, 1.54) is 11.3 Å². The second-order valence-electron chi connectivity index (χ2n) is 4.90. The number of aryl methyl sites for hydroxylation is 1. The Morgan fingerprint density at radius 3 is 2.70 bits per heavy atom. The minimum Gasteiger partial charge on any atom is -0.290 e. The molecule has 110 valence electrons. The number of nitrogens with one attached hydrogen (secondary N) is 1. The van der Waals surface area contributed by atoms with Gasteiger partial charge in [-0.3, -0.25) is 4.90 Å². The standard InChI is InChI=1S/C13H19N3O2S2/c1-2-12-3-4-13(19-12)20(17,18)15-11-5-8-16(9-6-11)10-7-14/h3-4,11,15H,2,5-6,8-10H2,1H3. The normalized spacial score (nSPS) is 18.0. The maximum Gasteiger partial charge on any atom is 0.250 e. The van der Waals surface area contributed by atoms with Gasteiger partial charge in [-0.15, -0.1) is 11.3 Å². The molecule has 0 aromatic carbocycles. The van der Waals surface area contributed by atoms with Crippen LogP contribution in [0.4, 0.5) is 0 Å². The van der Waals surface area contributed by atoms with Gasteiger partial charge >= 0.3 is 0 Å². The second kappa shape index (κ2) is 6.68. The molecule has 1 aromatic rings. The summed E-state index contributed by atoms with van der Waals surface area (Å²) in [6.07, 6.45) is 2.37. The van der Waals surface area contributed by atoms with Gasteiger partial charge in [0, 0.05) is 24.0 Å². The molecule has 1 saturated heterocycles.